The fourth-order valence-corrected chi connectivity index (χ4v) is 3.94. The lowest BCUT2D eigenvalue weighted by molar-refractivity contribution is -0.193. The third kappa shape index (κ3) is 25.5. The number of allylic oxidation sites excluding steroid dienone is 2. The number of rotatable bonds is 21. The molecular weight excluding hydrogens is 808 g/mol. The minimum atomic E-state index is -1.25. The standard InChI is InChI=1S/C17H14N2O10.C15H20O10.C4H8O.CH4/c20-10(1-7-16(26)28-18-12(22)3-4-13(18)23)9-11(21)2-8-17(27)29-19-14(24)5-6-15(19)25;1-11(23-8-9-25-15(21)5-3-13(18)19)10-22-6-7-24-14(20)4-2-12(16)17;1-2-4-5-3-1;/h1-2,7-8H,3-6,9H2;2-5,11H,6-10H2,1H3,(H,16,17)(H,18,19);1-4H2;1H4/b7-1+,8-2+;4-2+,5-3+;;. The van der Waals surface area contributed by atoms with E-state index in [2.05, 4.69) is 14.4 Å². The lowest BCUT2D eigenvalue weighted by Gasteiger charge is -2.13. The van der Waals surface area contributed by atoms with Crippen LogP contribution in [0.1, 0.15) is 59.3 Å². The van der Waals surface area contributed by atoms with Crippen molar-refractivity contribution in [3.05, 3.63) is 48.6 Å². The van der Waals surface area contributed by atoms with Gasteiger partial charge >= 0.3 is 35.8 Å². The summed E-state index contributed by atoms with van der Waals surface area (Å²) in [5.74, 6) is -10.8. The van der Waals surface area contributed by atoms with E-state index in [4.69, 9.17) is 29.2 Å². The average Bonchev–Trinajstić information content (AvgIpc) is 3.95. The number of carboxylic acid groups (broad SMARTS) is 2. The van der Waals surface area contributed by atoms with Crippen molar-refractivity contribution >= 4 is 71.0 Å². The molecule has 0 aliphatic carbocycles. The third-order valence-electron chi connectivity index (χ3n) is 6.64. The molecule has 0 aromatic heterocycles. The van der Waals surface area contributed by atoms with E-state index in [9.17, 15) is 57.5 Å². The fraction of sp³-hybridized carbons (Fsp3) is 0.459. The number of imide groups is 2. The Balaban J connectivity index is 0.00000103. The average molecular weight is 855 g/mol. The quantitative estimate of drug-likeness (QED) is 0.0506. The summed E-state index contributed by atoms with van der Waals surface area (Å²) in [6.07, 6.45) is 6.81. The highest BCUT2D eigenvalue weighted by atomic mass is 16.7. The van der Waals surface area contributed by atoms with E-state index in [-0.39, 0.29) is 72.2 Å². The van der Waals surface area contributed by atoms with E-state index >= 15 is 0 Å². The molecule has 330 valence electrons. The van der Waals surface area contributed by atoms with Gasteiger partial charge in [0.25, 0.3) is 23.6 Å². The number of hydrogen-bond donors (Lipinski definition) is 2. The van der Waals surface area contributed by atoms with E-state index < -0.39 is 77.4 Å². The van der Waals surface area contributed by atoms with Crippen LogP contribution < -0.4 is 0 Å². The van der Waals surface area contributed by atoms with Crippen molar-refractivity contribution in [2.24, 2.45) is 0 Å². The number of nitrogens with zero attached hydrogens (tertiary/aromatic N) is 2. The predicted molar refractivity (Wildman–Crippen MR) is 196 cm³/mol. The summed E-state index contributed by atoms with van der Waals surface area (Å²) in [4.78, 5) is 143. The Bertz CT molecular complexity index is 1580. The van der Waals surface area contributed by atoms with Gasteiger partial charge in [-0.3, -0.25) is 28.8 Å². The van der Waals surface area contributed by atoms with Crippen molar-refractivity contribution in [2.75, 3.05) is 46.2 Å². The summed E-state index contributed by atoms with van der Waals surface area (Å²) < 4.78 is 24.8. The molecule has 0 spiro atoms. The summed E-state index contributed by atoms with van der Waals surface area (Å²) in [5.41, 5.74) is 0. The lowest BCUT2D eigenvalue weighted by atomic mass is 10.2. The van der Waals surface area contributed by atoms with Crippen molar-refractivity contribution in [1.29, 1.82) is 0 Å². The number of aliphatic carboxylic acids is 2. The molecule has 3 saturated heterocycles. The number of carbonyl (C=O) groups is 12. The SMILES string of the molecule is C.C1CCOC1.CC(COCCOC(=O)/C=C/C(=O)O)OCCOC(=O)/C=C/C(=O)O.O=C(/C=C/C(=O)ON1C(=O)CCC1=O)CC(=O)/C=C/C(=O)ON1C(=O)CCC1=O. The normalized spacial score (nSPS) is 15.3. The third-order valence-corrected chi connectivity index (χ3v) is 6.64. The van der Waals surface area contributed by atoms with Crippen LogP contribution >= 0.6 is 0 Å². The molecule has 2 N–H and O–H groups in total. The topological polar surface area (TPSA) is 316 Å². The second-order valence-corrected chi connectivity index (χ2v) is 11.5. The maximum Gasteiger partial charge on any atom is 0.356 e. The molecule has 23 heteroatoms. The van der Waals surface area contributed by atoms with Gasteiger partial charge in [0.15, 0.2) is 11.6 Å². The Labute approximate surface area is 342 Å². The van der Waals surface area contributed by atoms with Gasteiger partial charge in [-0.25, -0.2) is 28.8 Å². The second kappa shape index (κ2) is 30.4. The van der Waals surface area contributed by atoms with Gasteiger partial charge in [0.1, 0.15) is 13.2 Å². The molecule has 0 saturated carbocycles. The van der Waals surface area contributed by atoms with Gasteiger partial charge in [0.05, 0.1) is 32.3 Å². The summed E-state index contributed by atoms with van der Waals surface area (Å²) in [7, 11) is 0. The van der Waals surface area contributed by atoms with Crippen LogP contribution in [-0.2, 0) is 90.9 Å². The van der Waals surface area contributed by atoms with Gasteiger partial charge in [-0.2, -0.15) is 0 Å². The minimum Gasteiger partial charge on any atom is -0.478 e. The van der Waals surface area contributed by atoms with E-state index in [1.807, 2.05) is 0 Å². The summed E-state index contributed by atoms with van der Waals surface area (Å²) in [5, 5.41) is 17.2. The number of hydrogen-bond acceptors (Lipinski definition) is 19. The summed E-state index contributed by atoms with van der Waals surface area (Å²) in [6.45, 7) is 4.05. The minimum absolute atomic E-state index is 0. The maximum atomic E-state index is 11.6. The Morgan fingerprint density at radius 2 is 0.967 bits per heavy atom. The van der Waals surface area contributed by atoms with Crippen LogP contribution in [0, 0.1) is 0 Å². The van der Waals surface area contributed by atoms with Crippen LogP contribution in [-0.4, -0.2) is 144 Å². The molecule has 3 aliphatic heterocycles. The van der Waals surface area contributed by atoms with E-state index in [1.54, 1.807) is 6.92 Å². The van der Waals surface area contributed by atoms with Crippen molar-refractivity contribution < 1.29 is 101 Å². The van der Waals surface area contributed by atoms with E-state index in [1.165, 1.54) is 12.8 Å². The first kappa shape index (κ1) is 53.3. The van der Waals surface area contributed by atoms with Crippen molar-refractivity contribution in [3.8, 4) is 0 Å². The Morgan fingerprint density at radius 1 is 0.583 bits per heavy atom. The zero-order valence-electron chi connectivity index (χ0n) is 31.6. The fourth-order valence-electron chi connectivity index (χ4n) is 3.94. The first-order valence-corrected chi connectivity index (χ1v) is 17.5. The van der Waals surface area contributed by atoms with E-state index in [0.29, 0.717) is 46.6 Å². The zero-order chi connectivity index (χ0) is 44.2. The molecule has 0 aromatic rings. The van der Waals surface area contributed by atoms with Gasteiger partial charge in [0, 0.05) is 75.4 Å². The molecule has 23 nitrogen and oxygen atoms in total. The number of amides is 4. The molecule has 3 rings (SSSR count). The number of hydroxylamine groups is 4. The molecule has 1 atom stereocenters. The van der Waals surface area contributed by atoms with Crippen LogP contribution in [0.2, 0.25) is 0 Å². The van der Waals surface area contributed by atoms with Gasteiger partial charge in [-0.15, -0.1) is 10.1 Å². The molecule has 3 fully saturated rings. The molecule has 0 aromatic carbocycles. The predicted octanol–water partition coefficient (Wildman–Crippen LogP) is 0.0505. The number of carboxylic acids is 2. The molecule has 3 heterocycles. The molecule has 4 amide bonds. The molecule has 1 unspecified atom stereocenters. The van der Waals surface area contributed by atoms with Crippen LogP contribution in [0.15, 0.2) is 48.6 Å². The molecular formula is C37H46N2O21. The largest absolute Gasteiger partial charge is 0.478 e. The van der Waals surface area contributed by atoms with Gasteiger partial charge in [0.2, 0.25) is 0 Å². The summed E-state index contributed by atoms with van der Waals surface area (Å²) in [6, 6.07) is 0. The van der Waals surface area contributed by atoms with Gasteiger partial charge in [-0.05, 0) is 31.9 Å². The first-order chi connectivity index (χ1) is 28.0. The highest BCUT2D eigenvalue weighted by Gasteiger charge is 2.33. The zero-order valence-corrected chi connectivity index (χ0v) is 31.6. The smallest absolute Gasteiger partial charge is 0.356 e. The highest BCUT2D eigenvalue weighted by molar-refractivity contribution is 6.11. The Morgan fingerprint density at radius 3 is 1.33 bits per heavy atom. The lowest BCUT2D eigenvalue weighted by Crippen LogP contribution is -2.31. The number of ketones is 2. The van der Waals surface area contributed by atoms with Crippen LogP contribution in [0.3, 0.4) is 0 Å². The Kier molecular flexibility index (Phi) is 27.0. The second-order valence-electron chi connectivity index (χ2n) is 11.5. The molecule has 3 aliphatic rings. The van der Waals surface area contributed by atoms with E-state index in [0.717, 1.165) is 25.4 Å². The first-order valence-electron chi connectivity index (χ1n) is 17.5. The van der Waals surface area contributed by atoms with Crippen molar-refractivity contribution in [2.45, 2.75) is 65.4 Å². The van der Waals surface area contributed by atoms with Crippen LogP contribution in [0.4, 0.5) is 0 Å². The Hall–Kier alpha value is -6.72. The number of carbonyl (C=O) groups excluding carboxylic acids is 10. The van der Waals surface area contributed by atoms with Crippen LogP contribution in [0.5, 0.6) is 0 Å². The van der Waals surface area contributed by atoms with Gasteiger partial charge in [-0.1, -0.05) is 7.43 Å². The van der Waals surface area contributed by atoms with Crippen molar-refractivity contribution in [3.63, 3.8) is 0 Å². The number of esters is 2. The maximum absolute atomic E-state index is 11.6. The summed E-state index contributed by atoms with van der Waals surface area (Å²) >= 11 is 0. The molecule has 0 radical (unpaired) electrons. The van der Waals surface area contributed by atoms with Crippen LogP contribution in [0.25, 0.3) is 0 Å². The molecule has 60 heavy (non-hydrogen) atoms. The van der Waals surface area contributed by atoms with Gasteiger partial charge < -0.3 is 43.6 Å². The number of ether oxygens (including phenoxy) is 5. The molecule has 0 bridgehead atoms. The van der Waals surface area contributed by atoms with Crippen molar-refractivity contribution in [1.82, 2.24) is 10.1 Å². The monoisotopic (exact) mass is 854 g/mol. The highest BCUT2D eigenvalue weighted by Crippen LogP contribution is 2.13.